The summed E-state index contributed by atoms with van der Waals surface area (Å²) < 4.78 is 70.6. The summed E-state index contributed by atoms with van der Waals surface area (Å²) in [7, 11) is 1.54. The fraction of sp³-hybridized carbons (Fsp3) is 0.367. The molecule has 12 heteroatoms. The van der Waals surface area contributed by atoms with Gasteiger partial charge in [-0.15, -0.1) is 0 Å². The lowest BCUT2D eigenvalue weighted by molar-refractivity contribution is -0.367. The van der Waals surface area contributed by atoms with Crippen LogP contribution in [-0.4, -0.2) is 87.9 Å². The Labute approximate surface area is 356 Å². The van der Waals surface area contributed by atoms with Gasteiger partial charge in [-0.3, -0.25) is 0 Å². The second-order valence-electron chi connectivity index (χ2n) is 15.1. The van der Waals surface area contributed by atoms with Gasteiger partial charge in [0.15, 0.2) is 24.8 Å². The number of rotatable bonds is 20. The molecule has 3 fully saturated rings. The molecule has 3 aliphatic heterocycles. The Morgan fingerprint density at radius 2 is 0.803 bits per heavy atom. The van der Waals surface area contributed by atoms with Gasteiger partial charge in [0.25, 0.3) is 0 Å². The van der Waals surface area contributed by atoms with Crippen molar-refractivity contribution in [2.75, 3.05) is 20.3 Å². The number of ether oxygens (including phenoxy) is 11. The molecule has 0 unspecified atom stereocenters. The molecule has 0 spiro atoms. The molecule has 8 rings (SSSR count). The van der Waals surface area contributed by atoms with Crippen LogP contribution in [0.2, 0.25) is 0 Å². The third-order valence-electron chi connectivity index (χ3n) is 10.8. The predicted octanol–water partition coefficient (Wildman–Crippen LogP) is 7.56. The molecule has 0 bridgehead atoms. The van der Waals surface area contributed by atoms with Crippen molar-refractivity contribution >= 4 is 6.16 Å². The number of fused-ring (bicyclic) bond motifs is 1. The third kappa shape index (κ3) is 11.5. The molecule has 3 heterocycles. The van der Waals surface area contributed by atoms with Gasteiger partial charge in [0.2, 0.25) is 0 Å². The molecule has 3 aliphatic rings. The zero-order valence-corrected chi connectivity index (χ0v) is 34.1. The molecule has 3 saturated heterocycles. The summed E-state index contributed by atoms with van der Waals surface area (Å²) >= 11 is 0. The van der Waals surface area contributed by atoms with E-state index in [1.54, 1.807) is 7.11 Å². The molecule has 12 nitrogen and oxygen atoms in total. The Kier molecular flexibility index (Phi) is 15.2. The Bertz CT molecular complexity index is 2030. The van der Waals surface area contributed by atoms with Crippen LogP contribution in [0.5, 0.6) is 0 Å². The molecule has 0 amide bonds. The Hall–Kier alpha value is -4.99. The minimum atomic E-state index is -1.17. The first-order valence-electron chi connectivity index (χ1n) is 20.7. The van der Waals surface area contributed by atoms with Crippen molar-refractivity contribution in [1.82, 2.24) is 0 Å². The van der Waals surface area contributed by atoms with Gasteiger partial charge in [0.1, 0.15) is 36.6 Å². The molecule has 5 aromatic carbocycles. The summed E-state index contributed by atoms with van der Waals surface area (Å²) in [5, 5.41) is 0. The van der Waals surface area contributed by atoms with Crippen LogP contribution >= 0.6 is 0 Å². The number of methoxy groups -OCH3 is 1. The SMILES string of the molecule is CO[C@H]1O[C@H](COCc2ccccc2)[C@@H](OCc2ccccc2)[C@H](OCc2ccccc2)[C@H]1O[C@H]1O[C@H](COCc2ccccc2)[C@@H](OCc2ccccc2)[C@@H]2OC(=O)O[C@@H]12. The molecular formula is C49H52O12. The van der Waals surface area contributed by atoms with Crippen LogP contribution in [0.25, 0.3) is 0 Å². The Balaban J connectivity index is 1.08. The zero-order chi connectivity index (χ0) is 41.6. The minimum Gasteiger partial charge on any atom is -0.424 e. The molecule has 0 radical (unpaired) electrons. The quantitative estimate of drug-likeness (QED) is 0.0721. The van der Waals surface area contributed by atoms with E-state index < -0.39 is 67.6 Å². The van der Waals surface area contributed by atoms with E-state index in [1.807, 2.05) is 152 Å². The van der Waals surface area contributed by atoms with Gasteiger partial charge in [-0.2, -0.15) is 0 Å². The van der Waals surface area contributed by atoms with E-state index >= 15 is 0 Å². The topological polar surface area (TPSA) is 119 Å². The van der Waals surface area contributed by atoms with Crippen molar-refractivity contribution in [3.8, 4) is 0 Å². The summed E-state index contributed by atoms with van der Waals surface area (Å²) in [4.78, 5) is 13.0. The molecule has 0 N–H and O–H groups in total. The van der Waals surface area contributed by atoms with E-state index in [9.17, 15) is 4.79 Å². The summed E-state index contributed by atoms with van der Waals surface area (Å²) in [5.74, 6) is 0. The largest absolute Gasteiger partial charge is 0.509 e. The van der Waals surface area contributed by atoms with Crippen LogP contribution < -0.4 is 0 Å². The maximum absolute atomic E-state index is 13.0. The smallest absolute Gasteiger partial charge is 0.424 e. The highest BCUT2D eigenvalue weighted by Crippen LogP contribution is 2.38. The summed E-state index contributed by atoms with van der Waals surface area (Å²) in [6.07, 6.45) is -9.53. The van der Waals surface area contributed by atoms with E-state index in [4.69, 9.17) is 52.1 Å². The first-order valence-corrected chi connectivity index (χ1v) is 20.7. The molecule has 0 aromatic heterocycles. The lowest BCUT2D eigenvalue weighted by atomic mass is 9.96. The summed E-state index contributed by atoms with van der Waals surface area (Å²) in [6, 6.07) is 49.2. The van der Waals surface area contributed by atoms with Gasteiger partial charge >= 0.3 is 6.16 Å². The Morgan fingerprint density at radius 3 is 1.26 bits per heavy atom. The van der Waals surface area contributed by atoms with E-state index in [0.717, 1.165) is 27.8 Å². The van der Waals surface area contributed by atoms with Crippen LogP contribution in [0, 0.1) is 0 Å². The van der Waals surface area contributed by atoms with E-state index in [2.05, 4.69) is 0 Å². The van der Waals surface area contributed by atoms with Crippen LogP contribution in [0.4, 0.5) is 4.79 Å². The number of carbonyl (C=O) groups excluding carboxylic acids is 1. The monoisotopic (exact) mass is 832 g/mol. The second kappa shape index (κ2) is 21.7. The van der Waals surface area contributed by atoms with Crippen LogP contribution in [0.1, 0.15) is 27.8 Å². The molecule has 61 heavy (non-hydrogen) atoms. The maximum Gasteiger partial charge on any atom is 0.509 e. The predicted molar refractivity (Wildman–Crippen MR) is 222 cm³/mol. The van der Waals surface area contributed by atoms with Gasteiger partial charge in [0, 0.05) is 7.11 Å². The van der Waals surface area contributed by atoms with Gasteiger partial charge in [-0.05, 0) is 27.8 Å². The number of hydrogen-bond acceptors (Lipinski definition) is 12. The van der Waals surface area contributed by atoms with E-state index in [1.165, 1.54) is 0 Å². The molecular weight excluding hydrogens is 781 g/mol. The van der Waals surface area contributed by atoms with Crippen LogP contribution in [-0.2, 0) is 85.1 Å². The fourth-order valence-electron chi connectivity index (χ4n) is 7.76. The first-order chi connectivity index (χ1) is 30.1. The molecule has 320 valence electrons. The van der Waals surface area contributed by atoms with Crippen molar-refractivity contribution in [3.05, 3.63) is 179 Å². The van der Waals surface area contributed by atoms with Crippen LogP contribution in [0.3, 0.4) is 0 Å². The second-order valence-corrected chi connectivity index (χ2v) is 15.1. The standard InChI is InChI=1S/C49H52O12/c1-51-47-45(59-48-46-44(60-49(50)61-46)42(55-30-37-23-13-5-14-24-37)40(58-48)33-53-28-35-19-9-3-10-20-35)43(56-31-38-25-15-6-16-26-38)41(54-29-36-21-11-4-12-22-36)39(57-47)32-52-27-34-17-7-2-8-18-34/h2-26,39-48H,27-33H2,1H3/t39-,40-,41-,42-,43+,44+,45-,46-,47+,48-/m1/s1. The lowest BCUT2D eigenvalue weighted by Gasteiger charge is -2.48. The number of carbonyl (C=O) groups is 1. The highest BCUT2D eigenvalue weighted by Gasteiger charge is 2.58. The average Bonchev–Trinajstić information content (AvgIpc) is 3.71. The molecule has 0 saturated carbocycles. The summed E-state index contributed by atoms with van der Waals surface area (Å²) in [5.41, 5.74) is 4.86. The van der Waals surface area contributed by atoms with Gasteiger partial charge < -0.3 is 52.1 Å². The van der Waals surface area contributed by atoms with Crippen LogP contribution in [0.15, 0.2) is 152 Å². The van der Waals surface area contributed by atoms with E-state index in [0.29, 0.717) is 13.2 Å². The van der Waals surface area contributed by atoms with Crippen molar-refractivity contribution in [2.24, 2.45) is 0 Å². The highest BCUT2D eigenvalue weighted by molar-refractivity contribution is 5.63. The van der Waals surface area contributed by atoms with Gasteiger partial charge in [-0.1, -0.05) is 152 Å². The molecule has 10 atom stereocenters. The zero-order valence-electron chi connectivity index (χ0n) is 34.1. The van der Waals surface area contributed by atoms with Crippen molar-refractivity contribution < 1.29 is 56.9 Å². The normalized spacial score (nSPS) is 27.2. The Morgan fingerprint density at radius 1 is 0.426 bits per heavy atom. The number of benzene rings is 5. The fourth-order valence-corrected chi connectivity index (χ4v) is 7.76. The van der Waals surface area contributed by atoms with E-state index in [-0.39, 0.29) is 33.0 Å². The minimum absolute atomic E-state index is 0.0986. The van der Waals surface area contributed by atoms with Crippen molar-refractivity contribution in [2.45, 2.75) is 94.4 Å². The average molecular weight is 833 g/mol. The highest BCUT2D eigenvalue weighted by atomic mass is 16.8. The van der Waals surface area contributed by atoms with Crippen molar-refractivity contribution in [1.29, 1.82) is 0 Å². The molecule has 0 aliphatic carbocycles. The number of hydrogen-bond donors (Lipinski definition) is 0. The van der Waals surface area contributed by atoms with Gasteiger partial charge in [0.05, 0.1) is 46.2 Å². The first kappa shape index (κ1) is 42.7. The van der Waals surface area contributed by atoms with Crippen molar-refractivity contribution in [3.63, 3.8) is 0 Å². The third-order valence-corrected chi connectivity index (χ3v) is 10.8. The van der Waals surface area contributed by atoms with Gasteiger partial charge in [-0.25, -0.2) is 4.79 Å². The lowest BCUT2D eigenvalue weighted by Crippen LogP contribution is -2.65. The molecule has 5 aromatic rings. The maximum atomic E-state index is 13.0. The summed E-state index contributed by atoms with van der Waals surface area (Å²) in [6.45, 7) is 1.69.